The van der Waals surface area contributed by atoms with E-state index in [9.17, 15) is 13.5 Å². The maximum Gasteiger partial charge on any atom is 0.243 e. The van der Waals surface area contributed by atoms with Crippen LogP contribution >= 0.6 is 15.9 Å². The van der Waals surface area contributed by atoms with Gasteiger partial charge in [0.2, 0.25) is 10.0 Å². The second kappa shape index (κ2) is 6.88. The van der Waals surface area contributed by atoms with Crippen LogP contribution in [0.5, 0.6) is 0 Å². The Hall–Kier alpha value is -1.41. The first-order valence-corrected chi connectivity index (χ1v) is 11.3. The van der Waals surface area contributed by atoms with Crippen molar-refractivity contribution >= 4 is 31.6 Å². The van der Waals surface area contributed by atoms with Crippen LogP contribution in [0.15, 0.2) is 51.8 Å². The van der Waals surface area contributed by atoms with Gasteiger partial charge in [-0.25, -0.2) is 8.42 Å². The van der Waals surface area contributed by atoms with Gasteiger partial charge in [-0.1, -0.05) is 34.1 Å². The van der Waals surface area contributed by atoms with Crippen LogP contribution in [-0.4, -0.2) is 44.1 Å². The first-order valence-electron chi connectivity index (χ1n) is 9.07. The molecule has 2 aromatic rings. The summed E-state index contributed by atoms with van der Waals surface area (Å²) in [6.45, 7) is 2.30. The second-order valence-corrected chi connectivity index (χ2v) is 10.1. The molecule has 1 N–H and O–H groups in total. The van der Waals surface area contributed by atoms with Gasteiger partial charge in [0.05, 0.1) is 23.6 Å². The highest BCUT2D eigenvalue weighted by atomic mass is 79.9. The molecule has 0 bridgehead atoms. The number of likely N-dealkylation sites (N-methyl/N-ethyl adjacent to an activating group) is 1. The number of anilines is 1. The number of halogens is 1. The summed E-state index contributed by atoms with van der Waals surface area (Å²) in [5.41, 5.74) is 2.73. The van der Waals surface area contributed by atoms with Gasteiger partial charge in [0, 0.05) is 29.7 Å². The van der Waals surface area contributed by atoms with Gasteiger partial charge in [0.25, 0.3) is 0 Å². The van der Waals surface area contributed by atoms with Crippen molar-refractivity contribution in [2.75, 3.05) is 25.1 Å². The SMILES string of the molecule is Cc1ccccc1S(=O)(=O)N1CC[C@H]2[C@@H](CO)N(C)c3ccc(Br)cc3[C@H]21. The number of aryl methyl sites for hydroxylation is 1. The van der Waals surface area contributed by atoms with Crippen molar-refractivity contribution in [1.29, 1.82) is 0 Å². The number of fused-ring (bicyclic) bond motifs is 3. The van der Waals surface area contributed by atoms with Gasteiger partial charge in [0.15, 0.2) is 0 Å². The monoisotopic (exact) mass is 450 g/mol. The number of rotatable bonds is 3. The molecule has 0 unspecified atom stereocenters. The molecule has 2 heterocycles. The Labute approximate surface area is 168 Å². The molecular formula is C20H23BrN2O3S. The third-order valence-electron chi connectivity index (χ3n) is 5.95. The Kier molecular flexibility index (Phi) is 4.83. The molecule has 0 radical (unpaired) electrons. The summed E-state index contributed by atoms with van der Waals surface area (Å²) in [7, 11) is -1.65. The summed E-state index contributed by atoms with van der Waals surface area (Å²) in [4.78, 5) is 2.45. The molecule has 2 aliphatic rings. The van der Waals surface area contributed by atoms with Crippen molar-refractivity contribution < 1.29 is 13.5 Å². The lowest BCUT2D eigenvalue weighted by Gasteiger charge is -2.44. The number of benzene rings is 2. The quantitative estimate of drug-likeness (QED) is 0.778. The molecule has 1 fully saturated rings. The van der Waals surface area contributed by atoms with E-state index >= 15 is 0 Å². The Morgan fingerprint density at radius 3 is 2.67 bits per heavy atom. The summed E-state index contributed by atoms with van der Waals surface area (Å²) < 4.78 is 29.6. The molecule has 0 saturated carbocycles. The number of sulfonamides is 1. The largest absolute Gasteiger partial charge is 0.394 e. The smallest absolute Gasteiger partial charge is 0.243 e. The van der Waals surface area contributed by atoms with E-state index in [4.69, 9.17) is 0 Å². The first-order chi connectivity index (χ1) is 12.9. The molecular weight excluding hydrogens is 428 g/mol. The van der Waals surface area contributed by atoms with E-state index in [1.165, 1.54) is 0 Å². The van der Waals surface area contributed by atoms with E-state index in [0.29, 0.717) is 11.4 Å². The summed E-state index contributed by atoms with van der Waals surface area (Å²) >= 11 is 3.53. The van der Waals surface area contributed by atoms with Crippen LogP contribution in [0.4, 0.5) is 5.69 Å². The Balaban J connectivity index is 1.87. The van der Waals surface area contributed by atoms with Gasteiger partial charge in [0.1, 0.15) is 0 Å². The van der Waals surface area contributed by atoms with Crippen LogP contribution < -0.4 is 4.90 Å². The average molecular weight is 451 g/mol. The standard InChI is InChI=1S/C20H23BrN2O3S/c1-13-5-3-4-6-19(13)27(25,26)23-10-9-15-18(12-24)22(2)17-8-7-14(21)11-16(17)20(15)23/h3-8,11,15,18,20,24H,9-10,12H2,1-2H3/t15-,18+,20-/m0/s1. The van der Waals surface area contributed by atoms with Crippen molar-refractivity contribution in [3.8, 4) is 0 Å². The highest BCUT2D eigenvalue weighted by Gasteiger charge is 2.50. The van der Waals surface area contributed by atoms with E-state index in [1.807, 2.05) is 44.3 Å². The molecule has 0 aliphatic carbocycles. The average Bonchev–Trinajstić information content (AvgIpc) is 3.08. The first kappa shape index (κ1) is 18.9. The molecule has 1 saturated heterocycles. The highest BCUT2D eigenvalue weighted by Crippen LogP contribution is 2.50. The number of nitrogens with zero attached hydrogens (tertiary/aromatic N) is 2. The van der Waals surface area contributed by atoms with Crippen LogP contribution in [0.3, 0.4) is 0 Å². The Morgan fingerprint density at radius 1 is 1.22 bits per heavy atom. The van der Waals surface area contributed by atoms with Crippen molar-refractivity contribution in [3.05, 3.63) is 58.1 Å². The highest BCUT2D eigenvalue weighted by molar-refractivity contribution is 9.10. The molecule has 144 valence electrons. The predicted octanol–water partition coefficient (Wildman–Crippen LogP) is 3.32. The molecule has 0 aromatic heterocycles. The molecule has 4 rings (SSSR count). The zero-order valence-corrected chi connectivity index (χ0v) is 17.7. The number of aliphatic hydroxyl groups excluding tert-OH is 1. The predicted molar refractivity (Wildman–Crippen MR) is 109 cm³/mol. The van der Waals surface area contributed by atoms with Gasteiger partial charge in [-0.3, -0.25) is 0 Å². The van der Waals surface area contributed by atoms with Crippen LogP contribution in [0.1, 0.15) is 23.6 Å². The van der Waals surface area contributed by atoms with Gasteiger partial charge in [-0.15, -0.1) is 0 Å². The summed E-state index contributed by atoms with van der Waals surface area (Å²) in [6.07, 6.45) is 0.733. The second-order valence-electron chi connectivity index (χ2n) is 7.34. The maximum atomic E-state index is 13.5. The third kappa shape index (κ3) is 2.92. The van der Waals surface area contributed by atoms with E-state index in [1.54, 1.807) is 16.4 Å². The number of hydrogen-bond donors (Lipinski definition) is 1. The molecule has 7 heteroatoms. The minimum Gasteiger partial charge on any atom is -0.394 e. The molecule has 0 amide bonds. The third-order valence-corrected chi connectivity index (χ3v) is 8.48. The van der Waals surface area contributed by atoms with E-state index in [2.05, 4.69) is 20.8 Å². The lowest BCUT2D eigenvalue weighted by Crippen LogP contribution is -2.48. The Bertz CT molecular complexity index is 979. The van der Waals surface area contributed by atoms with Gasteiger partial charge < -0.3 is 10.0 Å². The lowest BCUT2D eigenvalue weighted by atomic mass is 9.82. The van der Waals surface area contributed by atoms with Crippen LogP contribution in [-0.2, 0) is 10.0 Å². The minimum absolute atomic E-state index is 0.00538. The molecule has 2 aliphatic heterocycles. The summed E-state index contributed by atoms with van der Waals surface area (Å²) in [5, 5.41) is 10.0. The van der Waals surface area contributed by atoms with Crippen LogP contribution in [0.2, 0.25) is 0 Å². The fraction of sp³-hybridized carbons (Fsp3) is 0.400. The van der Waals surface area contributed by atoms with Crippen LogP contribution in [0, 0.1) is 12.8 Å². The summed E-state index contributed by atoms with van der Waals surface area (Å²) in [5.74, 6) is 0.0561. The van der Waals surface area contributed by atoms with Crippen LogP contribution in [0.25, 0.3) is 0 Å². The van der Waals surface area contributed by atoms with Crippen molar-refractivity contribution in [2.45, 2.75) is 30.3 Å². The fourth-order valence-corrected chi connectivity index (χ4v) is 6.90. The van der Waals surface area contributed by atoms with Gasteiger partial charge in [-0.05, 0) is 48.7 Å². The zero-order valence-electron chi connectivity index (χ0n) is 15.3. The molecule has 0 spiro atoms. The maximum absolute atomic E-state index is 13.5. The topological polar surface area (TPSA) is 60.9 Å². The van der Waals surface area contributed by atoms with E-state index in [-0.39, 0.29) is 24.6 Å². The Morgan fingerprint density at radius 2 is 1.96 bits per heavy atom. The van der Waals surface area contributed by atoms with Gasteiger partial charge in [-0.2, -0.15) is 4.31 Å². The van der Waals surface area contributed by atoms with Crippen molar-refractivity contribution in [3.63, 3.8) is 0 Å². The molecule has 3 atom stereocenters. The molecule has 2 aromatic carbocycles. The fourth-order valence-electron chi connectivity index (χ4n) is 4.62. The van der Waals surface area contributed by atoms with E-state index < -0.39 is 10.0 Å². The lowest BCUT2D eigenvalue weighted by molar-refractivity contribution is 0.193. The minimum atomic E-state index is -3.63. The summed E-state index contributed by atoms with van der Waals surface area (Å²) in [6, 6.07) is 12.7. The number of hydrogen-bond acceptors (Lipinski definition) is 4. The van der Waals surface area contributed by atoms with Gasteiger partial charge >= 0.3 is 0 Å². The molecule has 5 nitrogen and oxygen atoms in total. The number of aliphatic hydroxyl groups is 1. The normalized spacial score (nSPS) is 25.3. The molecule has 27 heavy (non-hydrogen) atoms. The zero-order chi connectivity index (χ0) is 19.3. The van der Waals surface area contributed by atoms with Crippen molar-refractivity contribution in [1.82, 2.24) is 4.31 Å². The van der Waals surface area contributed by atoms with E-state index in [0.717, 1.165) is 27.7 Å². The van der Waals surface area contributed by atoms with Crippen molar-refractivity contribution in [2.24, 2.45) is 5.92 Å².